The van der Waals surface area contributed by atoms with Crippen molar-refractivity contribution in [1.29, 1.82) is 0 Å². The molecule has 0 saturated heterocycles. The molecule has 0 radical (unpaired) electrons. The summed E-state index contributed by atoms with van der Waals surface area (Å²) in [5.74, 6) is 0. The van der Waals surface area contributed by atoms with Gasteiger partial charge in [0.05, 0.1) is 6.54 Å². The van der Waals surface area contributed by atoms with Crippen LogP contribution in [-0.4, -0.2) is 47.9 Å². The largest absolute Gasteiger partial charge is 0.329 e. The summed E-state index contributed by atoms with van der Waals surface area (Å²) in [5.41, 5.74) is 5.31. The van der Waals surface area contributed by atoms with Gasteiger partial charge in [0.2, 0.25) is 0 Å². The maximum absolute atomic E-state index is 5.31. The number of rotatable bonds is 8. The summed E-state index contributed by atoms with van der Waals surface area (Å²) in [6, 6.07) is 0. The first-order chi connectivity index (χ1) is 5.93. The number of nitrogens with one attached hydrogen (secondary N) is 4. The lowest BCUT2D eigenvalue weighted by Crippen LogP contribution is -2.31. The maximum atomic E-state index is 5.31. The highest BCUT2D eigenvalue weighted by Crippen LogP contribution is 1.74. The van der Waals surface area contributed by atoms with Gasteiger partial charge in [-0.05, 0) is 0 Å². The SMILES string of the molecule is NCCNCCNCCn1[nH][nH]1. The summed E-state index contributed by atoms with van der Waals surface area (Å²) in [5, 5.41) is 12.2. The van der Waals surface area contributed by atoms with E-state index in [9.17, 15) is 0 Å². The minimum atomic E-state index is 0.710. The predicted molar refractivity (Wildman–Crippen MR) is 47.9 cm³/mol. The van der Waals surface area contributed by atoms with Crippen LogP contribution in [0.4, 0.5) is 0 Å². The number of hydrogen-bond donors (Lipinski definition) is 5. The molecule has 1 heterocycles. The molecule has 1 rings (SSSR count). The Hall–Kier alpha value is -0.720. The molecule has 0 fully saturated rings. The number of H-pyrrole nitrogens is 2. The van der Waals surface area contributed by atoms with Gasteiger partial charge in [-0.25, -0.2) is 10.4 Å². The Balaban J connectivity index is 1.68. The smallest absolute Gasteiger partial charge is 0.0718 e. The summed E-state index contributed by atoms with van der Waals surface area (Å²) in [7, 11) is 0. The second-order valence-corrected chi connectivity index (χ2v) is 2.66. The highest BCUT2D eigenvalue weighted by Gasteiger charge is 1.91. The van der Waals surface area contributed by atoms with Crippen LogP contribution < -0.4 is 16.4 Å². The van der Waals surface area contributed by atoms with Gasteiger partial charge in [0.15, 0.2) is 0 Å². The molecule has 0 amide bonds. The van der Waals surface area contributed by atoms with Crippen molar-refractivity contribution in [3.63, 3.8) is 0 Å². The standard InChI is InChI=1S/C6H18N6/c7-1-2-8-3-4-9-5-6-12-10-11-12/h8-11H,1-7H2. The molecule has 0 unspecified atom stereocenters. The van der Waals surface area contributed by atoms with Gasteiger partial charge < -0.3 is 16.4 Å². The van der Waals surface area contributed by atoms with Crippen molar-refractivity contribution < 1.29 is 0 Å². The average Bonchev–Trinajstić information content (AvgIpc) is 2.87. The first-order valence-corrected chi connectivity index (χ1v) is 4.34. The molecular weight excluding hydrogens is 156 g/mol. The van der Waals surface area contributed by atoms with E-state index in [0.717, 1.165) is 32.7 Å². The minimum absolute atomic E-state index is 0.710. The molecule has 72 valence electrons. The van der Waals surface area contributed by atoms with Crippen molar-refractivity contribution in [1.82, 2.24) is 25.9 Å². The first-order valence-electron chi connectivity index (χ1n) is 4.34. The fourth-order valence-electron chi connectivity index (χ4n) is 0.867. The van der Waals surface area contributed by atoms with E-state index in [2.05, 4.69) is 21.1 Å². The third-order valence-corrected chi connectivity index (χ3v) is 1.58. The van der Waals surface area contributed by atoms with Crippen LogP contribution in [0.1, 0.15) is 0 Å². The predicted octanol–water partition coefficient (Wildman–Crippen LogP) is -1.72. The van der Waals surface area contributed by atoms with Crippen LogP contribution in [0, 0.1) is 0 Å². The van der Waals surface area contributed by atoms with Crippen LogP contribution in [0.2, 0.25) is 0 Å². The van der Waals surface area contributed by atoms with Gasteiger partial charge in [0, 0.05) is 32.7 Å². The van der Waals surface area contributed by atoms with Crippen LogP contribution in [0.25, 0.3) is 0 Å². The van der Waals surface area contributed by atoms with Crippen molar-refractivity contribution in [2.75, 3.05) is 32.7 Å². The molecule has 0 bridgehead atoms. The molecule has 12 heavy (non-hydrogen) atoms. The number of aromatic amines is 2. The Labute approximate surface area is 71.8 Å². The van der Waals surface area contributed by atoms with E-state index >= 15 is 0 Å². The van der Waals surface area contributed by atoms with E-state index < -0.39 is 0 Å². The van der Waals surface area contributed by atoms with Crippen molar-refractivity contribution in [3.05, 3.63) is 0 Å². The van der Waals surface area contributed by atoms with Crippen LogP contribution >= 0.6 is 0 Å². The lowest BCUT2D eigenvalue weighted by Gasteiger charge is -2.03. The van der Waals surface area contributed by atoms with Gasteiger partial charge in [0.25, 0.3) is 0 Å². The molecule has 6 heteroatoms. The van der Waals surface area contributed by atoms with E-state index in [1.54, 1.807) is 0 Å². The number of aromatic nitrogens is 3. The Morgan fingerprint density at radius 3 is 2.25 bits per heavy atom. The second-order valence-electron chi connectivity index (χ2n) is 2.66. The van der Waals surface area contributed by atoms with Crippen molar-refractivity contribution >= 4 is 0 Å². The molecule has 1 aromatic heterocycles. The Morgan fingerprint density at radius 1 is 1.00 bits per heavy atom. The van der Waals surface area contributed by atoms with Gasteiger partial charge >= 0.3 is 0 Å². The van der Waals surface area contributed by atoms with Gasteiger partial charge in [0.1, 0.15) is 0 Å². The Kier molecular flexibility index (Phi) is 4.58. The normalized spacial score (nSPS) is 11.1. The molecule has 6 N–H and O–H groups in total. The minimum Gasteiger partial charge on any atom is -0.329 e. The lowest BCUT2D eigenvalue weighted by molar-refractivity contribution is 0.569. The van der Waals surface area contributed by atoms with Crippen molar-refractivity contribution in [2.24, 2.45) is 5.73 Å². The van der Waals surface area contributed by atoms with Crippen LogP contribution in [0.15, 0.2) is 0 Å². The molecule has 0 aliphatic heterocycles. The Morgan fingerprint density at radius 2 is 1.67 bits per heavy atom. The summed E-state index contributed by atoms with van der Waals surface area (Å²) in [6.07, 6.45) is 0. The highest BCUT2D eigenvalue weighted by atomic mass is 15.7. The zero-order chi connectivity index (χ0) is 8.65. The maximum Gasteiger partial charge on any atom is 0.0718 e. The molecule has 0 spiro atoms. The molecule has 6 nitrogen and oxygen atoms in total. The van der Waals surface area contributed by atoms with Crippen molar-refractivity contribution in [2.45, 2.75) is 6.54 Å². The van der Waals surface area contributed by atoms with Crippen LogP contribution in [-0.2, 0) is 6.54 Å². The number of nitrogens with two attached hydrogens (primary N) is 1. The van der Waals surface area contributed by atoms with Crippen LogP contribution in [0.3, 0.4) is 0 Å². The molecule has 0 aromatic carbocycles. The molecule has 1 aromatic rings. The lowest BCUT2D eigenvalue weighted by atomic mass is 10.5. The average molecular weight is 174 g/mol. The van der Waals surface area contributed by atoms with Gasteiger partial charge in [-0.3, -0.25) is 0 Å². The number of nitrogens with zero attached hydrogens (tertiary/aromatic N) is 1. The van der Waals surface area contributed by atoms with E-state index in [1.807, 2.05) is 4.80 Å². The molecule has 0 saturated carbocycles. The first kappa shape index (κ1) is 9.37. The highest BCUT2D eigenvalue weighted by molar-refractivity contribution is 4.51. The topological polar surface area (TPSA) is 86.6 Å². The van der Waals surface area contributed by atoms with Gasteiger partial charge in [-0.2, -0.15) is 4.80 Å². The molecule has 0 aliphatic rings. The van der Waals surface area contributed by atoms with E-state index in [-0.39, 0.29) is 0 Å². The van der Waals surface area contributed by atoms with E-state index in [0.29, 0.717) is 6.54 Å². The second kappa shape index (κ2) is 5.87. The zero-order valence-electron chi connectivity index (χ0n) is 7.27. The molecule has 0 atom stereocenters. The summed E-state index contributed by atoms with van der Waals surface area (Å²) < 4.78 is 0. The van der Waals surface area contributed by atoms with Crippen molar-refractivity contribution in [3.8, 4) is 0 Å². The third-order valence-electron chi connectivity index (χ3n) is 1.58. The fourth-order valence-corrected chi connectivity index (χ4v) is 0.867. The molecular formula is C6H18N6. The summed E-state index contributed by atoms with van der Waals surface area (Å²) in [4.78, 5) is 1.92. The zero-order valence-corrected chi connectivity index (χ0v) is 7.27. The quantitative estimate of drug-likeness (QED) is 0.304. The van der Waals surface area contributed by atoms with E-state index in [4.69, 9.17) is 5.73 Å². The Bertz CT molecular complexity index is 156. The van der Waals surface area contributed by atoms with Gasteiger partial charge in [-0.1, -0.05) is 0 Å². The fraction of sp³-hybridized carbons (Fsp3) is 1.00. The number of hydrogen-bond acceptors (Lipinski definition) is 3. The monoisotopic (exact) mass is 174 g/mol. The molecule has 0 aliphatic carbocycles. The van der Waals surface area contributed by atoms with Crippen LogP contribution in [0.5, 0.6) is 0 Å². The van der Waals surface area contributed by atoms with Gasteiger partial charge in [-0.15, -0.1) is 0 Å². The van der Waals surface area contributed by atoms with E-state index in [1.165, 1.54) is 0 Å². The summed E-state index contributed by atoms with van der Waals surface area (Å²) >= 11 is 0. The third kappa shape index (κ3) is 5.00. The summed E-state index contributed by atoms with van der Waals surface area (Å²) in [6.45, 7) is 5.56.